The van der Waals surface area contributed by atoms with E-state index in [1.54, 1.807) is 12.2 Å². The lowest BCUT2D eigenvalue weighted by Crippen LogP contribution is -2.42. The van der Waals surface area contributed by atoms with Crippen molar-refractivity contribution in [3.63, 3.8) is 0 Å². The van der Waals surface area contributed by atoms with Crippen molar-refractivity contribution in [1.29, 1.82) is 0 Å². The second-order valence-corrected chi connectivity index (χ2v) is 12.7. The zero-order chi connectivity index (χ0) is 29.1. The summed E-state index contributed by atoms with van der Waals surface area (Å²) in [5, 5.41) is 10.4. The van der Waals surface area contributed by atoms with Crippen molar-refractivity contribution in [2.24, 2.45) is 0 Å². The highest BCUT2D eigenvalue weighted by atomic mass is 31.3. The van der Waals surface area contributed by atoms with Crippen molar-refractivity contribution in [1.82, 2.24) is 9.55 Å². The van der Waals surface area contributed by atoms with Crippen molar-refractivity contribution in [2.75, 3.05) is 13.2 Å². The fraction of sp³-hybridized carbons (Fsp3) is 0.368. The van der Waals surface area contributed by atoms with Crippen LogP contribution in [0.15, 0.2) is 52.2 Å². The lowest BCUT2D eigenvalue weighted by Gasteiger charge is -2.27. The summed E-state index contributed by atoms with van der Waals surface area (Å²) in [5.41, 5.74) is -2.47. The summed E-state index contributed by atoms with van der Waals surface area (Å²) in [4.78, 5) is 62.8. The summed E-state index contributed by atoms with van der Waals surface area (Å²) in [6, 6.07) is 9.24. The number of aliphatic hydroxyl groups excluding tert-OH is 1. The number of nitrogens with zero attached hydrogens (tertiary/aromatic N) is 1. The van der Waals surface area contributed by atoms with Gasteiger partial charge in [-0.2, -0.15) is 8.62 Å². The molecule has 6 N–H and O–H groups in total. The molecule has 1 saturated heterocycles. The molecule has 216 valence electrons. The van der Waals surface area contributed by atoms with Crippen LogP contribution in [0, 0.1) is 0 Å². The van der Waals surface area contributed by atoms with Crippen molar-refractivity contribution in [3.05, 3.63) is 69.0 Å². The van der Waals surface area contributed by atoms with Gasteiger partial charge in [0.2, 0.25) is 5.75 Å². The van der Waals surface area contributed by atoms with Gasteiger partial charge in [0.25, 0.3) is 5.56 Å². The van der Waals surface area contributed by atoms with Crippen LogP contribution in [0.4, 0.5) is 0 Å². The van der Waals surface area contributed by atoms with Crippen molar-refractivity contribution in [3.8, 4) is 5.75 Å². The summed E-state index contributed by atoms with van der Waals surface area (Å²) in [6.45, 7) is 0.394. The Morgan fingerprint density at radius 1 is 1.10 bits per heavy atom. The number of H-pyrrole nitrogens is 1. The van der Waals surface area contributed by atoms with E-state index in [2.05, 4.69) is 18.1 Å². The van der Waals surface area contributed by atoms with E-state index in [0.717, 1.165) is 16.3 Å². The molecule has 1 aliphatic rings. The molecule has 1 fully saturated rings. The van der Waals surface area contributed by atoms with Gasteiger partial charge >= 0.3 is 29.2 Å². The summed E-state index contributed by atoms with van der Waals surface area (Å²) in [7, 11) is -16.8. The first-order chi connectivity index (χ1) is 18.0. The minimum Gasteiger partial charge on any atom is -0.482 e. The molecule has 2 aromatic rings. The third-order valence-corrected chi connectivity index (χ3v) is 8.91. The fourth-order valence-corrected chi connectivity index (χ4v) is 6.57. The minimum atomic E-state index is -5.73. The minimum absolute atomic E-state index is 0.0287. The largest absolute Gasteiger partial charge is 0.490 e. The van der Waals surface area contributed by atoms with Gasteiger partial charge in [0, 0.05) is 6.42 Å². The monoisotopic (exact) mass is 614 g/mol. The number of hydrogen-bond donors (Lipinski definition) is 6. The van der Waals surface area contributed by atoms with Gasteiger partial charge in [-0.3, -0.25) is 18.9 Å². The quantitative estimate of drug-likeness (QED) is 0.181. The number of aromatic nitrogens is 2. The number of benzene rings is 1. The molecule has 17 nitrogen and oxygen atoms in total. The molecule has 1 aromatic heterocycles. The second-order valence-electron chi connectivity index (χ2n) is 8.24. The predicted octanol–water partition coefficient (Wildman–Crippen LogP) is 0.795. The molecule has 39 heavy (non-hydrogen) atoms. The Hall–Kier alpha value is -2.23. The van der Waals surface area contributed by atoms with E-state index in [-0.39, 0.29) is 18.8 Å². The number of hydrogen-bond acceptors (Lipinski definition) is 11. The van der Waals surface area contributed by atoms with E-state index in [1.807, 2.05) is 30.3 Å². The molecule has 0 spiro atoms. The van der Waals surface area contributed by atoms with Crippen LogP contribution >= 0.6 is 23.5 Å². The smallest absolute Gasteiger partial charge is 0.482 e. The number of phosphoric acid groups is 3. The molecule has 3 rings (SSSR count). The van der Waals surface area contributed by atoms with Crippen molar-refractivity contribution in [2.45, 2.75) is 31.3 Å². The molecule has 0 radical (unpaired) electrons. The van der Waals surface area contributed by atoms with Crippen molar-refractivity contribution >= 4 is 29.5 Å². The van der Waals surface area contributed by atoms with Crippen LogP contribution in [-0.2, 0) is 37.3 Å². The van der Waals surface area contributed by atoms with Gasteiger partial charge in [0.15, 0.2) is 0 Å². The average molecular weight is 614 g/mol. The third-order valence-electron chi connectivity index (χ3n) is 5.10. The zero-order valence-electron chi connectivity index (χ0n) is 20.0. The van der Waals surface area contributed by atoms with E-state index < -0.39 is 59.3 Å². The number of ether oxygens (including phenoxy) is 2. The number of rotatable bonds is 12. The van der Waals surface area contributed by atoms with E-state index in [1.165, 1.54) is 6.92 Å². The maximum atomic E-state index is 12.5. The fourth-order valence-electron chi connectivity index (χ4n) is 3.54. The number of phosphoric ester groups is 1. The maximum Gasteiger partial charge on any atom is 0.490 e. The summed E-state index contributed by atoms with van der Waals surface area (Å²) in [5.74, 6) is -0.247. The Morgan fingerprint density at radius 3 is 2.41 bits per heavy atom. The van der Waals surface area contributed by atoms with Gasteiger partial charge in [0.1, 0.15) is 18.4 Å². The molecule has 0 amide bonds. The highest BCUT2D eigenvalue weighted by Gasteiger charge is 2.47. The Bertz CT molecular complexity index is 1450. The SMILES string of the molecule is C[C@]1(n2cc(OCC=Cc3ccccc3)c(=O)[nH]c2=O)C[C@H](O)[C@@H](COP(=O)(O)OP(=O)(O)OP(=O)(O)O)O1. The van der Waals surface area contributed by atoms with Gasteiger partial charge < -0.3 is 34.2 Å². The van der Waals surface area contributed by atoms with E-state index in [0.29, 0.717) is 0 Å². The standard InChI is InChI=1S/C19H25N2O15P3/c1-19(10-14(22)16(34-19)12-33-38(28,29)36-39(30,31)35-37(25,26)27)21-11-15(17(23)20-18(21)24)32-9-5-8-13-6-3-2-4-7-13/h2-8,11,14,16,22H,9-10,12H2,1H3,(H,28,29)(H,30,31)(H,20,23,24)(H2,25,26,27)/t14-,16+,19+/m0/s1. The molecule has 2 unspecified atom stereocenters. The Kier molecular flexibility index (Phi) is 9.71. The lowest BCUT2D eigenvalue weighted by molar-refractivity contribution is -0.107. The normalized spacial score (nSPS) is 24.9. The molecule has 2 heterocycles. The van der Waals surface area contributed by atoms with E-state index >= 15 is 0 Å². The van der Waals surface area contributed by atoms with Crippen LogP contribution in [0.25, 0.3) is 6.08 Å². The molecule has 1 aliphatic heterocycles. The van der Waals surface area contributed by atoms with Crippen LogP contribution in [0.5, 0.6) is 5.75 Å². The predicted molar refractivity (Wildman–Crippen MR) is 131 cm³/mol. The molecule has 5 atom stereocenters. The van der Waals surface area contributed by atoms with E-state index in [4.69, 9.17) is 19.3 Å². The summed E-state index contributed by atoms with van der Waals surface area (Å²) < 4.78 is 57.9. The Labute approximate surface area is 219 Å². The van der Waals surface area contributed by atoms with Crippen LogP contribution in [-0.4, -0.2) is 59.7 Å². The summed E-state index contributed by atoms with van der Waals surface area (Å²) >= 11 is 0. The van der Waals surface area contributed by atoms with Crippen LogP contribution < -0.4 is 16.0 Å². The Balaban J connectivity index is 1.68. The summed E-state index contributed by atoms with van der Waals surface area (Å²) in [6.07, 6.45) is 1.35. The van der Waals surface area contributed by atoms with Crippen LogP contribution in [0.2, 0.25) is 0 Å². The molecular weight excluding hydrogens is 589 g/mol. The molecule has 0 bridgehead atoms. The van der Waals surface area contributed by atoms with Gasteiger partial charge in [-0.15, -0.1) is 0 Å². The average Bonchev–Trinajstić information content (AvgIpc) is 3.09. The van der Waals surface area contributed by atoms with Gasteiger partial charge in [-0.1, -0.05) is 36.4 Å². The Morgan fingerprint density at radius 2 is 1.77 bits per heavy atom. The van der Waals surface area contributed by atoms with Gasteiger partial charge in [-0.25, -0.2) is 18.5 Å². The van der Waals surface area contributed by atoms with Gasteiger partial charge in [-0.05, 0) is 18.6 Å². The van der Waals surface area contributed by atoms with Gasteiger partial charge in [0.05, 0.1) is 18.9 Å². The van der Waals surface area contributed by atoms with Crippen LogP contribution in [0.3, 0.4) is 0 Å². The third kappa shape index (κ3) is 9.15. The topological polar surface area (TPSA) is 253 Å². The first kappa shape index (κ1) is 31.3. The molecule has 20 heteroatoms. The number of aliphatic hydroxyl groups is 1. The van der Waals surface area contributed by atoms with Crippen LogP contribution in [0.1, 0.15) is 18.9 Å². The number of aromatic amines is 1. The lowest BCUT2D eigenvalue weighted by atomic mass is 10.1. The molecule has 0 aliphatic carbocycles. The first-order valence-corrected chi connectivity index (χ1v) is 15.4. The molecule has 1 aromatic carbocycles. The molecule has 0 saturated carbocycles. The zero-order valence-corrected chi connectivity index (χ0v) is 22.7. The van der Waals surface area contributed by atoms with Crippen molar-refractivity contribution < 1.29 is 61.0 Å². The van der Waals surface area contributed by atoms with E-state index in [9.17, 15) is 38.2 Å². The second kappa shape index (κ2) is 12.1. The number of nitrogens with one attached hydrogen (secondary N) is 1. The maximum absolute atomic E-state index is 12.5. The highest BCUT2D eigenvalue weighted by molar-refractivity contribution is 7.66. The first-order valence-electron chi connectivity index (χ1n) is 10.8. The molecular formula is C19H25N2O15P3. The highest BCUT2D eigenvalue weighted by Crippen LogP contribution is 2.66.